The standard InChI is InChI=1S/C7H12O2/c1-6(4-8)7-2-3-9-5-7/h7-8H,1-5H2. The Kier molecular flexibility index (Phi) is 2.25. The fraction of sp³-hybridized carbons (Fsp3) is 0.714. The highest BCUT2D eigenvalue weighted by atomic mass is 16.5. The molecule has 1 aliphatic rings. The predicted molar refractivity (Wildman–Crippen MR) is 35.2 cm³/mol. The Hall–Kier alpha value is -0.340. The first-order chi connectivity index (χ1) is 4.34. The minimum atomic E-state index is 0.105. The van der Waals surface area contributed by atoms with E-state index in [0.29, 0.717) is 5.92 Å². The summed E-state index contributed by atoms with van der Waals surface area (Å²) in [6.07, 6.45) is 1.03. The maximum Gasteiger partial charge on any atom is 0.0642 e. The van der Waals surface area contributed by atoms with Crippen LogP contribution in [-0.2, 0) is 4.74 Å². The summed E-state index contributed by atoms with van der Waals surface area (Å²) >= 11 is 0. The molecular formula is C7H12O2. The van der Waals surface area contributed by atoms with E-state index in [1.54, 1.807) is 0 Å². The normalized spacial score (nSPS) is 26.6. The van der Waals surface area contributed by atoms with Crippen molar-refractivity contribution in [3.05, 3.63) is 12.2 Å². The van der Waals surface area contributed by atoms with Crippen LogP contribution in [0.3, 0.4) is 0 Å². The number of hydrogen-bond acceptors (Lipinski definition) is 2. The molecule has 2 nitrogen and oxygen atoms in total. The molecule has 0 spiro atoms. The first kappa shape index (κ1) is 6.78. The van der Waals surface area contributed by atoms with Gasteiger partial charge in [0.15, 0.2) is 0 Å². The first-order valence-corrected chi connectivity index (χ1v) is 3.21. The van der Waals surface area contributed by atoms with Gasteiger partial charge in [-0.05, 0) is 12.0 Å². The molecule has 1 atom stereocenters. The Morgan fingerprint density at radius 1 is 1.78 bits per heavy atom. The Morgan fingerprint density at radius 3 is 3.00 bits per heavy atom. The molecule has 0 radical (unpaired) electrons. The summed E-state index contributed by atoms with van der Waals surface area (Å²) in [4.78, 5) is 0. The molecule has 1 fully saturated rings. The van der Waals surface area contributed by atoms with Crippen molar-refractivity contribution in [2.45, 2.75) is 6.42 Å². The molecule has 52 valence electrons. The van der Waals surface area contributed by atoms with Gasteiger partial charge < -0.3 is 9.84 Å². The average molecular weight is 128 g/mol. The summed E-state index contributed by atoms with van der Waals surface area (Å²) in [6, 6.07) is 0. The van der Waals surface area contributed by atoms with Crippen LogP contribution in [-0.4, -0.2) is 24.9 Å². The average Bonchev–Trinajstić information content (AvgIpc) is 2.37. The van der Waals surface area contributed by atoms with E-state index in [1.807, 2.05) is 0 Å². The summed E-state index contributed by atoms with van der Waals surface area (Å²) < 4.78 is 5.11. The molecule has 1 rings (SSSR count). The van der Waals surface area contributed by atoms with Crippen molar-refractivity contribution in [3.8, 4) is 0 Å². The van der Waals surface area contributed by atoms with Gasteiger partial charge in [-0.15, -0.1) is 0 Å². The van der Waals surface area contributed by atoms with Gasteiger partial charge in [0.25, 0.3) is 0 Å². The maximum absolute atomic E-state index is 8.64. The summed E-state index contributed by atoms with van der Waals surface area (Å²) in [5.41, 5.74) is 0.910. The lowest BCUT2D eigenvalue weighted by Gasteiger charge is -2.06. The zero-order valence-corrected chi connectivity index (χ0v) is 5.47. The third kappa shape index (κ3) is 1.53. The van der Waals surface area contributed by atoms with Crippen molar-refractivity contribution < 1.29 is 9.84 Å². The lowest BCUT2D eigenvalue weighted by Crippen LogP contribution is -2.05. The molecule has 2 heteroatoms. The van der Waals surface area contributed by atoms with E-state index in [-0.39, 0.29) is 6.61 Å². The van der Waals surface area contributed by atoms with Gasteiger partial charge in [0.2, 0.25) is 0 Å². The van der Waals surface area contributed by atoms with E-state index in [2.05, 4.69) is 6.58 Å². The molecule has 0 aromatic heterocycles. The highest BCUT2D eigenvalue weighted by Crippen LogP contribution is 2.18. The smallest absolute Gasteiger partial charge is 0.0642 e. The molecule has 0 amide bonds. The second-order valence-electron chi connectivity index (χ2n) is 2.38. The van der Waals surface area contributed by atoms with Gasteiger partial charge >= 0.3 is 0 Å². The van der Waals surface area contributed by atoms with Crippen LogP contribution in [0.15, 0.2) is 12.2 Å². The van der Waals surface area contributed by atoms with Gasteiger partial charge in [0.05, 0.1) is 13.2 Å². The largest absolute Gasteiger partial charge is 0.392 e. The third-order valence-corrected chi connectivity index (χ3v) is 1.71. The zero-order valence-electron chi connectivity index (χ0n) is 5.47. The zero-order chi connectivity index (χ0) is 6.69. The van der Waals surface area contributed by atoms with E-state index in [9.17, 15) is 0 Å². The number of hydrogen-bond donors (Lipinski definition) is 1. The Morgan fingerprint density at radius 2 is 2.56 bits per heavy atom. The van der Waals surface area contributed by atoms with E-state index >= 15 is 0 Å². The Bertz CT molecular complexity index is 103. The molecule has 1 aliphatic heterocycles. The van der Waals surface area contributed by atoms with Crippen molar-refractivity contribution in [2.24, 2.45) is 5.92 Å². The van der Waals surface area contributed by atoms with Crippen LogP contribution in [0.25, 0.3) is 0 Å². The predicted octanol–water partition coefficient (Wildman–Crippen LogP) is 0.571. The molecular weight excluding hydrogens is 116 g/mol. The lowest BCUT2D eigenvalue weighted by atomic mass is 10.0. The molecule has 0 saturated carbocycles. The van der Waals surface area contributed by atoms with E-state index in [4.69, 9.17) is 9.84 Å². The molecule has 0 bridgehead atoms. The molecule has 0 aromatic rings. The molecule has 1 unspecified atom stereocenters. The highest BCUT2D eigenvalue weighted by Gasteiger charge is 2.17. The summed E-state index contributed by atoms with van der Waals surface area (Å²) in [5.74, 6) is 0.412. The van der Waals surface area contributed by atoms with Crippen molar-refractivity contribution in [3.63, 3.8) is 0 Å². The van der Waals surface area contributed by atoms with Gasteiger partial charge in [-0.3, -0.25) is 0 Å². The van der Waals surface area contributed by atoms with E-state index < -0.39 is 0 Å². The van der Waals surface area contributed by atoms with Crippen LogP contribution < -0.4 is 0 Å². The monoisotopic (exact) mass is 128 g/mol. The second-order valence-corrected chi connectivity index (χ2v) is 2.38. The minimum absolute atomic E-state index is 0.105. The quantitative estimate of drug-likeness (QED) is 0.551. The molecule has 1 N–H and O–H groups in total. The van der Waals surface area contributed by atoms with E-state index in [1.165, 1.54) is 0 Å². The SMILES string of the molecule is C=C(CO)C1CCOC1. The highest BCUT2D eigenvalue weighted by molar-refractivity contribution is 5.01. The van der Waals surface area contributed by atoms with E-state index in [0.717, 1.165) is 25.2 Å². The van der Waals surface area contributed by atoms with Crippen LogP contribution >= 0.6 is 0 Å². The summed E-state index contributed by atoms with van der Waals surface area (Å²) in [7, 11) is 0. The topological polar surface area (TPSA) is 29.5 Å². The Labute approximate surface area is 55.1 Å². The number of aliphatic hydroxyl groups excluding tert-OH is 1. The number of aliphatic hydroxyl groups is 1. The minimum Gasteiger partial charge on any atom is -0.392 e. The van der Waals surface area contributed by atoms with Gasteiger partial charge in [-0.25, -0.2) is 0 Å². The van der Waals surface area contributed by atoms with Crippen molar-refractivity contribution in [1.29, 1.82) is 0 Å². The molecule has 1 heterocycles. The Balaban J connectivity index is 2.32. The van der Waals surface area contributed by atoms with Crippen LogP contribution in [0.1, 0.15) is 6.42 Å². The second kappa shape index (κ2) is 2.99. The third-order valence-electron chi connectivity index (χ3n) is 1.71. The van der Waals surface area contributed by atoms with Gasteiger partial charge in [-0.1, -0.05) is 6.58 Å². The van der Waals surface area contributed by atoms with Crippen molar-refractivity contribution in [2.75, 3.05) is 19.8 Å². The fourth-order valence-electron chi connectivity index (χ4n) is 0.986. The summed E-state index contributed by atoms with van der Waals surface area (Å²) in [5, 5.41) is 8.64. The number of ether oxygens (including phenoxy) is 1. The first-order valence-electron chi connectivity index (χ1n) is 3.21. The molecule has 9 heavy (non-hydrogen) atoms. The van der Waals surface area contributed by atoms with Crippen LogP contribution in [0.5, 0.6) is 0 Å². The maximum atomic E-state index is 8.64. The lowest BCUT2D eigenvalue weighted by molar-refractivity contribution is 0.187. The molecule has 0 aromatic carbocycles. The molecule has 0 aliphatic carbocycles. The van der Waals surface area contributed by atoms with Gasteiger partial charge in [0, 0.05) is 12.5 Å². The van der Waals surface area contributed by atoms with Crippen LogP contribution in [0, 0.1) is 5.92 Å². The number of rotatable bonds is 2. The van der Waals surface area contributed by atoms with Crippen LogP contribution in [0.2, 0.25) is 0 Å². The molecule has 1 saturated heterocycles. The fourth-order valence-corrected chi connectivity index (χ4v) is 0.986. The van der Waals surface area contributed by atoms with Gasteiger partial charge in [-0.2, -0.15) is 0 Å². The summed E-state index contributed by atoms with van der Waals surface area (Å²) in [6.45, 7) is 5.40. The van der Waals surface area contributed by atoms with Crippen molar-refractivity contribution in [1.82, 2.24) is 0 Å². The van der Waals surface area contributed by atoms with Gasteiger partial charge in [0.1, 0.15) is 0 Å². The van der Waals surface area contributed by atoms with Crippen LogP contribution in [0.4, 0.5) is 0 Å². The van der Waals surface area contributed by atoms with Crippen molar-refractivity contribution >= 4 is 0 Å².